The molecule has 3 N–H and O–H groups in total. The number of nitrogens with two attached hydrogens (primary N) is 1. The Hall–Kier alpha value is -2.58. The van der Waals surface area contributed by atoms with Gasteiger partial charge in [-0.15, -0.1) is 0 Å². The van der Waals surface area contributed by atoms with Gasteiger partial charge in [-0.3, -0.25) is 19.5 Å². The van der Waals surface area contributed by atoms with Gasteiger partial charge in [0, 0.05) is 25.7 Å². The van der Waals surface area contributed by atoms with Crippen molar-refractivity contribution in [2.75, 3.05) is 32.8 Å². The molecule has 4 atom stereocenters. The zero-order chi connectivity index (χ0) is 20.5. The van der Waals surface area contributed by atoms with Gasteiger partial charge in [-0.1, -0.05) is 12.2 Å². The Bertz CT molecular complexity index is 713. The van der Waals surface area contributed by atoms with Gasteiger partial charge < -0.3 is 20.7 Å². The van der Waals surface area contributed by atoms with Crippen molar-refractivity contribution in [2.24, 2.45) is 34.4 Å². The second kappa shape index (κ2) is 8.04. The maximum Gasteiger partial charge on any atom is 0.409 e. The van der Waals surface area contributed by atoms with Crippen LogP contribution >= 0.6 is 0 Å². The average molecular weight is 403 g/mol. The molecule has 2 aliphatic heterocycles. The van der Waals surface area contributed by atoms with Crippen molar-refractivity contribution in [3.8, 4) is 0 Å². The average Bonchev–Trinajstić information content (AvgIpc) is 3.38. The van der Waals surface area contributed by atoms with Crippen LogP contribution in [0.3, 0.4) is 0 Å². The predicted octanol–water partition coefficient (Wildman–Crippen LogP) is 0.319. The molecule has 0 spiro atoms. The maximum absolute atomic E-state index is 12.6. The number of imide groups is 1. The Balaban J connectivity index is 1.22. The topological polar surface area (TPSA) is 117 Å². The molecule has 0 aromatic heterocycles. The quantitative estimate of drug-likeness (QED) is 0.295. The van der Waals surface area contributed by atoms with Gasteiger partial charge in [0.2, 0.25) is 11.8 Å². The Morgan fingerprint density at radius 3 is 2.41 bits per heavy atom. The zero-order valence-electron chi connectivity index (χ0n) is 16.8. The van der Waals surface area contributed by atoms with Crippen molar-refractivity contribution in [3.63, 3.8) is 0 Å². The van der Waals surface area contributed by atoms with Crippen LogP contribution in [0.1, 0.15) is 26.2 Å². The van der Waals surface area contributed by atoms with Crippen LogP contribution in [0.15, 0.2) is 17.1 Å². The molecule has 2 bridgehead atoms. The normalized spacial score (nSPS) is 31.6. The summed E-state index contributed by atoms with van der Waals surface area (Å²) in [6.07, 6.45) is 6.36. The number of nitrogens with zero attached hydrogens (tertiary/aromatic N) is 3. The number of likely N-dealkylation sites (tertiary alicyclic amines) is 2. The number of aliphatic imine (C=N–C) groups is 1. The summed E-state index contributed by atoms with van der Waals surface area (Å²) in [7, 11) is 0. The van der Waals surface area contributed by atoms with E-state index in [1.165, 1.54) is 4.90 Å². The lowest BCUT2D eigenvalue weighted by molar-refractivity contribution is -0.140. The van der Waals surface area contributed by atoms with E-state index in [0.717, 1.165) is 19.3 Å². The summed E-state index contributed by atoms with van der Waals surface area (Å²) in [4.78, 5) is 44.4. The number of amides is 3. The molecule has 4 aliphatic rings. The molecule has 2 heterocycles. The molecule has 0 aromatic carbocycles. The molecular weight excluding hydrogens is 374 g/mol. The molecule has 4 unspecified atom stereocenters. The molecule has 29 heavy (non-hydrogen) atoms. The molecule has 9 heteroatoms. The van der Waals surface area contributed by atoms with Crippen LogP contribution in [0.25, 0.3) is 0 Å². The van der Waals surface area contributed by atoms with Crippen molar-refractivity contribution in [1.29, 1.82) is 0 Å². The molecule has 158 valence electrons. The standard InChI is InChI=1S/C20H29N5O4/c1-2-29-20(28)24-8-5-14(6-9-24)23-19(21)22-7-10-25-17(26)15-12-3-4-13(11-12)16(15)18(25)27/h3-4,12-16H,2,5-11H2,1H3,(H3,21,22,23). The molecule has 9 nitrogen and oxygen atoms in total. The lowest BCUT2D eigenvalue weighted by Crippen LogP contribution is -2.48. The molecule has 0 aromatic rings. The summed E-state index contributed by atoms with van der Waals surface area (Å²) in [5, 5.41) is 3.17. The van der Waals surface area contributed by atoms with Gasteiger partial charge in [0.05, 0.1) is 25.0 Å². The fourth-order valence-electron chi connectivity index (χ4n) is 5.13. The van der Waals surface area contributed by atoms with Crippen molar-refractivity contribution >= 4 is 23.9 Å². The third-order valence-corrected chi connectivity index (χ3v) is 6.54. The number of nitrogens with one attached hydrogen (secondary N) is 1. The number of carbonyl (C=O) groups is 3. The van der Waals surface area contributed by atoms with Gasteiger partial charge >= 0.3 is 6.09 Å². The van der Waals surface area contributed by atoms with Crippen LogP contribution < -0.4 is 11.1 Å². The lowest BCUT2D eigenvalue weighted by atomic mass is 9.85. The summed E-state index contributed by atoms with van der Waals surface area (Å²) in [5.41, 5.74) is 5.98. The zero-order valence-corrected chi connectivity index (χ0v) is 16.8. The highest BCUT2D eigenvalue weighted by molar-refractivity contribution is 6.06. The van der Waals surface area contributed by atoms with E-state index in [1.54, 1.807) is 11.8 Å². The van der Waals surface area contributed by atoms with Crippen LogP contribution in [0.4, 0.5) is 4.79 Å². The van der Waals surface area contributed by atoms with E-state index in [1.807, 2.05) is 0 Å². The van der Waals surface area contributed by atoms with Crippen molar-refractivity contribution in [2.45, 2.75) is 32.2 Å². The fraction of sp³-hybridized carbons (Fsp3) is 0.700. The Kier molecular flexibility index (Phi) is 5.47. The van der Waals surface area contributed by atoms with Crippen LogP contribution in [0.5, 0.6) is 0 Å². The minimum atomic E-state index is -0.277. The minimum absolute atomic E-state index is 0.0510. The monoisotopic (exact) mass is 403 g/mol. The highest BCUT2D eigenvalue weighted by atomic mass is 16.6. The van der Waals surface area contributed by atoms with E-state index in [0.29, 0.717) is 32.2 Å². The maximum atomic E-state index is 12.6. The number of guanidine groups is 1. The number of carbonyl (C=O) groups excluding carboxylic acids is 3. The molecule has 0 radical (unpaired) electrons. The molecule has 2 aliphatic carbocycles. The number of rotatable bonds is 5. The van der Waals surface area contributed by atoms with E-state index in [-0.39, 0.29) is 54.2 Å². The molecule has 1 saturated carbocycles. The minimum Gasteiger partial charge on any atom is -0.450 e. The summed E-state index contributed by atoms with van der Waals surface area (Å²) < 4.78 is 5.02. The van der Waals surface area contributed by atoms with Gasteiger partial charge in [-0.2, -0.15) is 0 Å². The number of piperidine rings is 1. The Labute approximate surface area is 170 Å². The van der Waals surface area contributed by atoms with E-state index >= 15 is 0 Å². The third kappa shape index (κ3) is 3.70. The van der Waals surface area contributed by atoms with Crippen LogP contribution in [0, 0.1) is 23.7 Å². The number of allylic oxidation sites excluding steroid dienone is 2. The number of hydrogen-bond donors (Lipinski definition) is 2. The number of ether oxygens (including phenoxy) is 1. The first kappa shape index (κ1) is 19.7. The van der Waals surface area contributed by atoms with Crippen LogP contribution in [-0.2, 0) is 14.3 Å². The largest absolute Gasteiger partial charge is 0.450 e. The van der Waals surface area contributed by atoms with E-state index in [2.05, 4.69) is 22.5 Å². The first-order chi connectivity index (χ1) is 14.0. The first-order valence-corrected chi connectivity index (χ1v) is 10.5. The first-order valence-electron chi connectivity index (χ1n) is 10.5. The van der Waals surface area contributed by atoms with Crippen LogP contribution in [-0.4, -0.2) is 72.5 Å². The van der Waals surface area contributed by atoms with Gasteiger partial charge in [0.1, 0.15) is 0 Å². The summed E-state index contributed by atoms with van der Waals surface area (Å²) in [6, 6.07) is 0.139. The van der Waals surface area contributed by atoms with Crippen molar-refractivity contribution < 1.29 is 19.1 Å². The summed E-state index contributed by atoms with van der Waals surface area (Å²) in [6.45, 7) is 3.95. The van der Waals surface area contributed by atoms with Gasteiger partial charge in [0.15, 0.2) is 5.96 Å². The van der Waals surface area contributed by atoms with Crippen LogP contribution in [0.2, 0.25) is 0 Å². The Morgan fingerprint density at radius 2 is 1.83 bits per heavy atom. The predicted molar refractivity (Wildman–Crippen MR) is 106 cm³/mol. The van der Waals surface area contributed by atoms with Gasteiger partial charge in [-0.05, 0) is 38.0 Å². The van der Waals surface area contributed by atoms with Crippen molar-refractivity contribution in [1.82, 2.24) is 15.1 Å². The summed E-state index contributed by atoms with van der Waals surface area (Å²) >= 11 is 0. The smallest absolute Gasteiger partial charge is 0.409 e. The number of fused-ring (bicyclic) bond motifs is 5. The Morgan fingerprint density at radius 1 is 1.21 bits per heavy atom. The molecule has 4 rings (SSSR count). The van der Waals surface area contributed by atoms with Gasteiger partial charge in [0.25, 0.3) is 0 Å². The second-order valence-corrected chi connectivity index (χ2v) is 8.20. The molecule has 3 fully saturated rings. The van der Waals surface area contributed by atoms with E-state index < -0.39 is 0 Å². The van der Waals surface area contributed by atoms with Gasteiger partial charge in [-0.25, -0.2) is 4.79 Å². The second-order valence-electron chi connectivity index (χ2n) is 8.20. The molecule has 2 saturated heterocycles. The molecular formula is C20H29N5O4. The summed E-state index contributed by atoms with van der Waals surface area (Å²) in [5.74, 6) is 0.322. The fourth-order valence-corrected chi connectivity index (χ4v) is 5.13. The molecule has 3 amide bonds. The van der Waals surface area contributed by atoms with E-state index in [9.17, 15) is 14.4 Å². The SMILES string of the molecule is CCOC(=O)N1CCC(NC(N)=NCCN2C(=O)C3C4C=CC(C4)C3C2=O)CC1. The lowest BCUT2D eigenvalue weighted by Gasteiger charge is -2.31. The highest BCUT2D eigenvalue weighted by Gasteiger charge is 2.58. The van der Waals surface area contributed by atoms with Crippen molar-refractivity contribution in [3.05, 3.63) is 12.2 Å². The number of hydrogen-bond acceptors (Lipinski definition) is 5. The van der Waals surface area contributed by atoms with E-state index in [4.69, 9.17) is 10.5 Å². The third-order valence-electron chi connectivity index (χ3n) is 6.54. The highest BCUT2D eigenvalue weighted by Crippen LogP contribution is 2.52.